The molecule has 1 saturated heterocycles. The van der Waals surface area contributed by atoms with E-state index in [2.05, 4.69) is 5.32 Å². The Morgan fingerprint density at radius 2 is 1.89 bits per heavy atom. The number of nitrogens with zero attached hydrogens (tertiary/aromatic N) is 2. The number of hydrogen-bond donors (Lipinski definition) is 1. The molecule has 1 spiro atoms. The van der Waals surface area contributed by atoms with Gasteiger partial charge in [0.1, 0.15) is 5.41 Å². The summed E-state index contributed by atoms with van der Waals surface area (Å²) in [5.41, 5.74) is -0.974. The van der Waals surface area contributed by atoms with Crippen LogP contribution in [0.2, 0.25) is 0 Å². The Morgan fingerprint density at radius 3 is 2.47 bits per heavy atom. The van der Waals surface area contributed by atoms with Gasteiger partial charge in [0.2, 0.25) is 11.8 Å². The number of likely N-dealkylation sites (N-methyl/N-ethyl adjacent to an activating group) is 1. The highest BCUT2D eigenvalue weighted by Gasteiger charge is 2.54. The molecule has 2 fully saturated rings. The Morgan fingerprint density at radius 1 is 1.26 bits per heavy atom. The van der Waals surface area contributed by atoms with Crippen LogP contribution in [0.5, 0.6) is 0 Å². The van der Waals surface area contributed by atoms with Crippen LogP contribution in [-0.2, 0) is 9.59 Å². The number of carbonyl (C=O) groups is 3. The van der Waals surface area contributed by atoms with E-state index in [1.807, 2.05) is 18.9 Å². The molecule has 1 N–H and O–H groups in total. The van der Waals surface area contributed by atoms with Crippen molar-refractivity contribution < 1.29 is 14.4 Å². The van der Waals surface area contributed by atoms with Gasteiger partial charge in [-0.1, -0.05) is 19.8 Å². The van der Waals surface area contributed by atoms with E-state index in [1.165, 1.54) is 4.90 Å². The molecule has 1 aliphatic heterocycles. The molecule has 0 aromatic carbocycles. The van der Waals surface area contributed by atoms with Crippen LogP contribution in [0.15, 0.2) is 0 Å². The average molecular weight is 267 g/mol. The zero-order valence-electron chi connectivity index (χ0n) is 11.6. The van der Waals surface area contributed by atoms with Gasteiger partial charge in [-0.3, -0.25) is 19.8 Å². The van der Waals surface area contributed by atoms with Gasteiger partial charge in [-0.05, 0) is 26.4 Å². The van der Waals surface area contributed by atoms with E-state index in [1.54, 1.807) is 0 Å². The second-order valence-electron chi connectivity index (χ2n) is 5.40. The van der Waals surface area contributed by atoms with Gasteiger partial charge in [0.25, 0.3) is 0 Å². The molecular formula is C13H21N3O3. The summed E-state index contributed by atoms with van der Waals surface area (Å²) in [6.07, 6.45) is 2.86. The lowest BCUT2D eigenvalue weighted by Crippen LogP contribution is -2.63. The molecule has 0 aromatic rings. The van der Waals surface area contributed by atoms with Crippen LogP contribution >= 0.6 is 0 Å². The van der Waals surface area contributed by atoms with Gasteiger partial charge < -0.3 is 4.90 Å². The van der Waals surface area contributed by atoms with E-state index in [4.69, 9.17) is 0 Å². The largest absolute Gasteiger partial charge is 0.330 e. The Labute approximate surface area is 113 Å². The summed E-state index contributed by atoms with van der Waals surface area (Å²) >= 11 is 0. The summed E-state index contributed by atoms with van der Waals surface area (Å²) in [6, 6.07) is -0.572. The SMILES string of the molecule is CCN(C)CCN1C(=O)NC(=O)C2(CCCC2)C1=O. The van der Waals surface area contributed by atoms with Crippen LogP contribution in [0, 0.1) is 5.41 Å². The number of rotatable bonds is 4. The lowest BCUT2D eigenvalue weighted by atomic mass is 9.82. The first kappa shape index (κ1) is 14.0. The lowest BCUT2D eigenvalue weighted by Gasteiger charge is -2.37. The molecule has 4 amide bonds. The monoisotopic (exact) mass is 267 g/mol. The van der Waals surface area contributed by atoms with E-state index in [0.29, 0.717) is 25.9 Å². The molecule has 1 heterocycles. The molecule has 0 aromatic heterocycles. The Bertz CT molecular complexity index is 402. The second kappa shape index (κ2) is 5.28. The quantitative estimate of drug-likeness (QED) is 0.756. The second-order valence-corrected chi connectivity index (χ2v) is 5.40. The summed E-state index contributed by atoms with van der Waals surface area (Å²) in [6.45, 7) is 3.83. The van der Waals surface area contributed by atoms with Crippen LogP contribution in [-0.4, -0.2) is 54.3 Å². The maximum atomic E-state index is 12.5. The molecule has 6 heteroatoms. The number of barbiturate groups is 1. The summed E-state index contributed by atoms with van der Waals surface area (Å²) in [5.74, 6) is -0.705. The van der Waals surface area contributed by atoms with Crippen molar-refractivity contribution in [3.05, 3.63) is 0 Å². The topological polar surface area (TPSA) is 69.7 Å². The minimum Gasteiger partial charge on any atom is -0.305 e. The van der Waals surface area contributed by atoms with Crippen LogP contribution in [0.1, 0.15) is 32.6 Å². The van der Waals surface area contributed by atoms with Gasteiger partial charge >= 0.3 is 6.03 Å². The number of carbonyl (C=O) groups excluding carboxylic acids is 3. The zero-order chi connectivity index (χ0) is 14.0. The predicted molar refractivity (Wildman–Crippen MR) is 69.3 cm³/mol. The molecule has 2 rings (SSSR count). The molecule has 106 valence electrons. The first-order valence-electron chi connectivity index (χ1n) is 6.87. The van der Waals surface area contributed by atoms with Crippen molar-refractivity contribution in [1.29, 1.82) is 0 Å². The highest BCUT2D eigenvalue weighted by Crippen LogP contribution is 2.41. The third kappa shape index (κ3) is 2.36. The molecule has 1 aliphatic carbocycles. The maximum Gasteiger partial charge on any atom is 0.330 e. The standard InChI is InChI=1S/C13H21N3O3/c1-3-15(2)8-9-16-11(18)13(6-4-5-7-13)10(17)14-12(16)19/h3-9H2,1-2H3,(H,14,17,19). The minimum atomic E-state index is -0.974. The zero-order valence-corrected chi connectivity index (χ0v) is 11.6. The number of urea groups is 1. The van der Waals surface area contributed by atoms with Crippen LogP contribution in [0.3, 0.4) is 0 Å². The highest BCUT2D eigenvalue weighted by molar-refractivity contribution is 6.19. The van der Waals surface area contributed by atoms with Crippen molar-refractivity contribution >= 4 is 17.8 Å². The first-order valence-corrected chi connectivity index (χ1v) is 6.87. The maximum absolute atomic E-state index is 12.5. The number of amides is 4. The minimum absolute atomic E-state index is 0.303. The molecule has 0 unspecified atom stereocenters. The molecule has 0 atom stereocenters. The molecular weight excluding hydrogens is 246 g/mol. The van der Waals surface area contributed by atoms with Crippen molar-refractivity contribution in [2.75, 3.05) is 26.7 Å². The third-order valence-electron chi connectivity index (χ3n) is 4.26. The highest BCUT2D eigenvalue weighted by atomic mass is 16.2. The van der Waals surface area contributed by atoms with Gasteiger partial charge in [-0.25, -0.2) is 4.79 Å². The van der Waals surface area contributed by atoms with Crippen molar-refractivity contribution in [3.63, 3.8) is 0 Å². The lowest BCUT2D eigenvalue weighted by molar-refractivity contribution is -0.151. The third-order valence-corrected chi connectivity index (χ3v) is 4.26. The fraction of sp³-hybridized carbons (Fsp3) is 0.769. The summed E-state index contributed by atoms with van der Waals surface area (Å²) in [4.78, 5) is 39.5. The van der Waals surface area contributed by atoms with Gasteiger partial charge in [0.05, 0.1) is 0 Å². The molecule has 0 bridgehead atoms. The van der Waals surface area contributed by atoms with Crippen molar-refractivity contribution in [2.45, 2.75) is 32.6 Å². The van der Waals surface area contributed by atoms with E-state index >= 15 is 0 Å². The van der Waals surface area contributed by atoms with Gasteiger partial charge in [-0.2, -0.15) is 0 Å². The van der Waals surface area contributed by atoms with Crippen molar-refractivity contribution in [2.24, 2.45) is 5.41 Å². The van der Waals surface area contributed by atoms with E-state index in [0.717, 1.165) is 19.4 Å². The molecule has 0 radical (unpaired) electrons. The Balaban J connectivity index is 2.12. The normalized spacial score (nSPS) is 22.5. The van der Waals surface area contributed by atoms with Crippen LogP contribution in [0.4, 0.5) is 4.79 Å². The molecule has 19 heavy (non-hydrogen) atoms. The van der Waals surface area contributed by atoms with Gasteiger partial charge in [0, 0.05) is 13.1 Å². The number of hydrogen-bond acceptors (Lipinski definition) is 4. The van der Waals surface area contributed by atoms with E-state index < -0.39 is 17.4 Å². The first-order chi connectivity index (χ1) is 9.01. The fourth-order valence-corrected chi connectivity index (χ4v) is 2.78. The van der Waals surface area contributed by atoms with Crippen LogP contribution < -0.4 is 5.32 Å². The Kier molecular flexibility index (Phi) is 3.89. The fourth-order valence-electron chi connectivity index (χ4n) is 2.78. The summed E-state index contributed by atoms with van der Waals surface area (Å²) in [7, 11) is 1.93. The predicted octanol–water partition coefficient (Wildman–Crippen LogP) is 0.577. The van der Waals surface area contributed by atoms with Crippen molar-refractivity contribution in [1.82, 2.24) is 15.1 Å². The van der Waals surface area contributed by atoms with Gasteiger partial charge in [-0.15, -0.1) is 0 Å². The number of imide groups is 2. The van der Waals surface area contributed by atoms with E-state index in [9.17, 15) is 14.4 Å². The smallest absolute Gasteiger partial charge is 0.305 e. The summed E-state index contributed by atoms with van der Waals surface area (Å²) < 4.78 is 0. The van der Waals surface area contributed by atoms with Gasteiger partial charge in [0.15, 0.2) is 0 Å². The number of nitrogens with one attached hydrogen (secondary N) is 1. The van der Waals surface area contributed by atoms with Crippen molar-refractivity contribution in [3.8, 4) is 0 Å². The summed E-state index contributed by atoms with van der Waals surface area (Å²) in [5, 5.41) is 2.34. The van der Waals surface area contributed by atoms with E-state index in [-0.39, 0.29) is 5.91 Å². The average Bonchev–Trinajstić information content (AvgIpc) is 2.87. The molecule has 2 aliphatic rings. The molecule has 1 saturated carbocycles. The Hall–Kier alpha value is -1.43. The molecule has 6 nitrogen and oxygen atoms in total. The van der Waals surface area contributed by atoms with Crippen LogP contribution in [0.25, 0.3) is 0 Å².